The molecule has 0 fully saturated rings. The van der Waals surface area contributed by atoms with Crippen molar-refractivity contribution in [1.29, 1.82) is 5.26 Å². The summed E-state index contributed by atoms with van der Waals surface area (Å²) in [4.78, 5) is 7.20. The van der Waals surface area contributed by atoms with Crippen LogP contribution in [0.3, 0.4) is 0 Å². The van der Waals surface area contributed by atoms with Crippen LogP contribution in [0, 0.1) is 11.3 Å². The van der Waals surface area contributed by atoms with Crippen molar-refractivity contribution in [3.8, 4) is 6.07 Å². The Morgan fingerprint density at radius 2 is 2.18 bits per heavy atom. The van der Waals surface area contributed by atoms with Gasteiger partial charge in [-0.2, -0.15) is 5.26 Å². The summed E-state index contributed by atoms with van der Waals surface area (Å²) in [7, 11) is 0. The molecule has 2 aromatic rings. The van der Waals surface area contributed by atoms with Gasteiger partial charge in [0.25, 0.3) is 0 Å². The maximum atomic E-state index is 9.29. The first-order chi connectivity index (χ1) is 8.38. The average molecular weight is 223 g/mol. The van der Waals surface area contributed by atoms with Crippen molar-refractivity contribution >= 4 is 0 Å². The van der Waals surface area contributed by atoms with Gasteiger partial charge in [0.2, 0.25) is 0 Å². The molecule has 1 unspecified atom stereocenters. The summed E-state index contributed by atoms with van der Waals surface area (Å²) < 4.78 is 0. The molecule has 0 spiro atoms. The number of nitrogens with one attached hydrogen (secondary N) is 1. The van der Waals surface area contributed by atoms with Gasteiger partial charge in [0.1, 0.15) is 11.7 Å². The van der Waals surface area contributed by atoms with E-state index < -0.39 is 0 Å². The van der Waals surface area contributed by atoms with E-state index in [0.717, 1.165) is 17.8 Å². The Morgan fingerprint density at radius 1 is 1.29 bits per heavy atom. The highest BCUT2D eigenvalue weighted by atomic mass is 14.9. The van der Waals surface area contributed by atoms with Gasteiger partial charge in [-0.15, -0.1) is 0 Å². The fraction of sp³-hybridized carbons (Fsp3) is 0.286. The molecule has 0 radical (unpaired) electrons. The largest absolute Gasteiger partial charge is 0.347 e. The second-order valence-electron chi connectivity index (χ2n) is 4.42. The lowest BCUT2D eigenvalue weighted by Crippen LogP contribution is -2.01. The molecule has 84 valence electrons. The Labute approximate surface area is 100 Å². The van der Waals surface area contributed by atoms with Crippen LogP contribution in [0.15, 0.2) is 30.6 Å². The smallest absolute Gasteiger partial charge is 0.129 e. The summed E-state index contributed by atoms with van der Waals surface area (Å²) in [6.07, 6.45) is 6.99. The van der Waals surface area contributed by atoms with Gasteiger partial charge in [-0.3, -0.25) is 0 Å². The predicted octanol–water partition coefficient (Wildman–Crippen LogP) is 2.55. The average Bonchev–Trinajstić information content (AvgIpc) is 2.99. The van der Waals surface area contributed by atoms with Crippen molar-refractivity contribution in [1.82, 2.24) is 9.97 Å². The third-order valence-electron chi connectivity index (χ3n) is 3.38. The molecule has 0 saturated heterocycles. The molecule has 1 aromatic carbocycles. The number of benzene rings is 1. The molecule has 0 aliphatic heterocycles. The monoisotopic (exact) mass is 223 g/mol. The van der Waals surface area contributed by atoms with E-state index in [4.69, 9.17) is 0 Å². The third-order valence-corrected chi connectivity index (χ3v) is 3.38. The Hall–Kier alpha value is -2.08. The molecule has 0 bridgehead atoms. The molecule has 1 atom stereocenters. The molecule has 1 aromatic heterocycles. The van der Waals surface area contributed by atoms with Crippen LogP contribution in [0.1, 0.15) is 34.9 Å². The number of hydrogen-bond donors (Lipinski definition) is 1. The van der Waals surface area contributed by atoms with Crippen LogP contribution in [0.4, 0.5) is 0 Å². The van der Waals surface area contributed by atoms with Crippen molar-refractivity contribution in [2.75, 3.05) is 0 Å². The van der Waals surface area contributed by atoms with Gasteiger partial charge >= 0.3 is 0 Å². The number of rotatable bonds is 2. The summed E-state index contributed by atoms with van der Waals surface area (Å²) in [5, 5.41) is 9.29. The molecule has 3 heteroatoms. The second-order valence-corrected chi connectivity index (χ2v) is 4.42. The minimum atomic E-state index is -0.282. The Kier molecular flexibility index (Phi) is 2.41. The number of aromatic amines is 1. The normalized spacial score (nSPS) is 15.2. The molecule has 3 nitrogen and oxygen atoms in total. The van der Waals surface area contributed by atoms with Crippen LogP contribution in [-0.2, 0) is 12.8 Å². The lowest BCUT2D eigenvalue weighted by molar-refractivity contribution is 0.908. The number of H-pyrrole nitrogens is 1. The zero-order chi connectivity index (χ0) is 11.7. The molecule has 1 aliphatic carbocycles. The third kappa shape index (κ3) is 1.72. The minimum absolute atomic E-state index is 0.282. The van der Waals surface area contributed by atoms with E-state index >= 15 is 0 Å². The van der Waals surface area contributed by atoms with E-state index in [2.05, 4.69) is 34.2 Å². The summed E-state index contributed by atoms with van der Waals surface area (Å²) in [5.74, 6) is 0.446. The number of aryl methyl sites for hydroxylation is 2. The highest BCUT2D eigenvalue weighted by molar-refractivity contribution is 5.40. The van der Waals surface area contributed by atoms with Crippen molar-refractivity contribution in [3.05, 3.63) is 53.1 Å². The standard InChI is InChI=1S/C14H13N3/c15-9-13(14-16-6-7-17-14)12-5-4-10-2-1-3-11(10)8-12/h4-8,13H,1-3H2,(H,16,17). The molecule has 0 saturated carbocycles. The lowest BCUT2D eigenvalue weighted by atomic mass is 9.96. The van der Waals surface area contributed by atoms with E-state index in [1.807, 2.05) is 0 Å². The maximum absolute atomic E-state index is 9.29. The van der Waals surface area contributed by atoms with E-state index in [9.17, 15) is 5.26 Å². The van der Waals surface area contributed by atoms with Crippen LogP contribution in [0.25, 0.3) is 0 Å². The van der Waals surface area contributed by atoms with Gasteiger partial charge < -0.3 is 4.98 Å². The van der Waals surface area contributed by atoms with Gasteiger partial charge in [-0.05, 0) is 36.0 Å². The highest BCUT2D eigenvalue weighted by Crippen LogP contribution is 2.28. The van der Waals surface area contributed by atoms with Gasteiger partial charge in [-0.1, -0.05) is 18.2 Å². The van der Waals surface area contributed by atoms with Crippen molar-refractivity contribution in [2.45, 2.75) is 25.2 Å². The van der Waals surface area contributed by atoms with E-state index in [-0.39, 0.29) is 5.92 Å². The van der Waals surface area contributed by atoms with Gasteiger partial charge in [0.05, 0.1) is 6.07 Å². The second kappa shape index (κ2) is 4.06. The number of aromatic nitrogens is 2. The topological polar surface area (TPSA) is 52.5 Å². The first-order valence-electron chi connectivity index (χ1n) is 5.89. The summed E-state index contributed by atoms with van der Waals surface area (Å²) in [6, 6.07) is 8.70. The molecule has 3 rings (SSSR count). The van der Waals surface area contributed by atoms with Gasteiger partial charge in [0.15, 0.2) is 0 Å². The first kappa shape index (κ1) is 10.1. The Balaban J connectivity index is 2.01. The first-order valence-corrected chi connectivity index (χ1v) is 5.89. The SMILES string of the molecule is N#CC(c1ccc2c(c1)CCC2)c1ncc[nH]1. The maximum Gasteiger partial charge on any atom is 0.129 e. The fourth-order valence-corrected chi connectivity index (χ4v) is 2.50. The van der Waals surface area contributed by atoms with E-state index in [1.165, 1.54) is 24.0 Å². The van der Waals surface area contributed by atoms with Crippen LogP contribution < -0.4 is 0 Å². The molecule has 1 aliphatic rings. The van der Waals surface area contributed by atoms with Crippen molar-refractivity contribution in [3.63, 3.8) is 0 Å². The van der Waals surface area contributed by atoms with Crippen LogP contribution in [0.2, 0.25) is 0 Å². The molecule has 17 heavy (non-hydrogen) atoms. The summed E-state index contributed by atoms with van der Waals surface area (Å²) in [5.41, 5.74) is 3.88. The number of fused-ring (bicyclic) bond motifs is 1. The van der Waals surface area contributed by atoms with Crippen LogP contribution in [-0.4, -0.2) is 9.97 Å². The predicted molar refractivity (Wildman–Crippen MR) is 64.5 cm³/mol. The van der Waals surface area contributed by atoms with E-state index in [0.29, 0.717) is 0 Å². The van der Waals surface area contributed by atoms with Gasteiger partial charge in [-0.25, -0.2) is 4.98 Å². The summed E-state index contributed by atoms with van der Waals surface area (Å²) >= 11 is 0. The highest BCUT2D eigenvalue weighted by Gasteiger charge is 2.18. The zero-order valence-corrected chi connectivity index (χ0v) is 9.48. The minimum Gasteiger partial charge on any atom is -0.347 e. The molecule has 0 amide bonds. The van der Waals surface area contributed by atoms with Crippen LogP contribution >= 0.6 is 0 Å². The number of imidazole rings is 1. The molecular formula is C14H13N3. The molecule has 1 N–H and O–H groups in total. The number of nitriles is 1. The summed E-state index contributed by atoms with van der Waals surface area (Å²) in [6.45, 7) is 0. The van der Waals surface area contributed by atoms with Crippen LogP contribution in [0.5, 0.6) is 0 Å². The van der Waals surface area contributed by atoms with E-state index in [1.54, 1.807) is 12.4 Å². The quantitative estimate of drug-likeness (QED) is 0.850. The zero-order valence-electron chi connectivity index (χ0n) is 9.48. The lowest BCUT2D eigenvalue weighted by Gasteiger charge is -2.08. The Bertz CT molecular complexity index is 564. The molecular weight excluding hydrogens is 210 g/mol. The Morgan fingerprint density at radius 3 is 2.94 bits per heavy atom. The van der Waals surface area contributed by atoms with Crippen molar-refractivity contribution in [2.24, 2.45) is 0 Å². The fourth-order valence-electron chi connectivity index (χ4n) is 2.50. The van der Waals surface area contributed by atoms with Gasteiger partial charge in [0, 0.05) is 12.4 Å². The molecule has 1 heterocycles. The number of hydrogen-bond acceptors (Lipinski definition) is 2. The number of nitrogens with zero attached hydrogens (tertiary/aromatic N) is 2. The van der Waals surface area contributed by atoms with Crippen molar-refractivity contribution < 1.29 is 0 Å².